The Morgan fingerprint density at radius 2 is 2.33 bits per heavy atom. The van der Waals surface area contributed by atoms with Crippen molar-refractivity contribution in [1.29, 1.82) is 5.41 Å². The quantitative estimate of drug-likeness (QED) is 0.815. The molecule has 1 aromatic carbocycles. The Kier molecular flexibility index (Phi) is 5.22. The molecule has 1 unspecified atom stereocenters. The summed E-state index contributed by atoms with van der Waals surface area (Å²) >= 11 is 0. The highest BCUT2D eigenvalue weighted by molar-refractivity contribution is 6.10. The smallest absolute Gasteiger partial charge is 0.120 e. The Morgan fingerprint density at radius 1 is 1.52 bits per heavy atom. The van der Waals surface area contributed by atoms with E-state index in [1.807, 2.05) is 31.4 Å². The van der Waals surface area contributed by atoms with E-state index in [9.17, 15) is 0 Å². The summed E-state index contributed by atoms with van der Waals surface area (Å²) in [5.41, 5.74) is 2.94. The second kappa shape index (κ2) is 7.13. The minimum Gasteiger partial charge on any atom is -0.497 e. The third kappa shape index (κ3) is 3.55. The van der Waals surface area contributed by atoms with Gasteiger partial charge in [-0.05, 0) is 19.1 Å². The molecule has 0 bridgehead atoms. The Hall–Kier alpha value is -2.01. The van der Waals surface area contributed by atoms with Crippen LogP contribution in [-0.4, -0.2) is 46.2 Å². The molecule has 0 aliphatic carbocycles. The van der Waals surface area contributed by atoms with Crippen molar-refractivity contribution < 1.29 is 9.47 Å². The number of methoxy groups -OCH3 is 1. The van der Waals surface area contributed by atoms with Gasteiger partial charge in [0.05, 0.1) is 19.8 Å². The van der Waals surface area contributed by atoms with Crippen LogP contribution < -0.4 is 15.0 Å². The minimum atomic E-state index is 0.203. The molecule has 1 saturated heterocycles. The van der Waals surface area contributed by atoms with Gasteiger partial charge in [0.2, 0.25) is 0 Å². The number of anilines is 1. The lowest BCUT2D eigenvalue weighted by molar-refractivity contribution is 0.0532. The lowest BCUT2D eigenvalue weighted by Gasteiger charge is -2.34. The average Bonchev–Trinajstić information content (AvgIpc) is 2.52. The summed E-state index contributed by atoms with van der Waals surface area (Å²) in [4.78, 5) is 2.29. The molecular formula is C16H23N3O2. The molecule has 0 saturated carbocycles. The Bertz CT molecular complexity index is 528. The minimum absolute atomic E-state index is 0.203. The van der Waals surface area contributed by atoms with E-state index in [4.69, 9.17) is 14.9 Å². The molecule has 5 heteroatoms. The number of nitrogens with zero attached hydrogens (tertiary/aromatic N) is 1. The van der Waals surface area contributed by atoms with Crippen molar-refractivity contribution in [2.45, 2.75) is 13.0 Å². The molecule has 0 aromatic heterocycles. The molecule has 2 N–H and O–H groups in total. The fourth-order valence-corrected chi connectivity index (χ4v) is 2.53. The van der Waals surface area contributed by atoms with E-state index < -0.39 is 0 Å². The Balaban J connectivity index is 2.44. The van der Waals surface area contributed by atoms with Gasteiger partial charge in [0.15, 0.2) is 0 Å². The van der Waals surface area contributed by atoms with E-state index in [0.717, 1.165) is 35.7 Å². The standard InChI is InChI=1S/C16H23N3O2/c1-12-11-19(6-7-21-12)16-8-14(20-3)4-5-15(16)13(9-17)10-18-2/h4-5,8-10,12,17-18H,6-7,11H2,1-3H3/b13-10+,17-9?. The average molecular weight is 289 g/mol. The molecule has 0 amide bonds. The van der Waals surface area contributed by atoms with E-state index in [1.54, 1.807) is 7.11 Å². The highest BCUT2D eigenvalue weighted by Gasteiger charge is 2.20. The van der Waals surface area contributed by atoms with Crippen LogP contribution in [0.3, 0.4) is 0 Å². The fraction of sp³-hybridized carbons (Fsp3) is 0.438. The number of rotatable bonds is 5. The molecule has 5 nitrogen and oxygen atoms in total. The molecule has 1 aliphatic heterocycles. The summed E-state index contributed by atoms with van der Waals surface area (Å²) in [6.45, 7) is 4.47. The predicted octanol–water partition coefficient (Wildman–Crippen LogP) is 2.13. The molecule has 0 spiro atoms. The number of ether oxygens (including phenoxy) is 2. The summed E-state index contributed by atoms with van der Waals surface area (Å²) in [6.07, 6.45) is 3.41. The van der Waals surface area contributed by atoms with Crippen LogP contribution in [-0.2, 0) is 4.74 Å². The molecule has 1 aliphatic rings. The highest BCUT2D eigenvalue weighted by Crippen LogP contribution is 2.31. The third-order valence-corrected chi connectivity index (χ3v) is 3.55. The van der Waals surface area contributed by atoms with Crippen LogP contribution in [0, 0.1) is 5.41 Å². The van der Waals surface area contributed by atoms with Crippen molar-refractivity contribution in [3.63, 3.8) is 0 Å². The first kappa shape index (κ1) is 15.4. The Labute approximate surface area is 126 Å². The van der Waals surface area contributed by atoms with Gasteiger partial charge in [0.25, 0.3) is 0 Å². The predicted molar refractivity (Wildman–Crippen MR) is 86.4 cm³/mol. The van der Waals surface area contributed by atoms with Gasteiger partial charge in [-0.25, -0.2) is 0 Å². The Morgan fingerprint density at radius 3 is 2.95 bits per heavy atom. The maximum absolute atomic E-state index is 7.64. The van der Waals surface area contributed by atoms with Gasteiger partial charge in [-0.3, -0.25) is 0 Å². The maximum Gasteiger partial charge on any atom is 0.120 e. The molecule has 114 valence electrons. The summed E-state index contributed by atoms with van der Waals surface area (Å²) in [6, 6.07) is 5.96. The zero-order valence-electron chi connectivity index (χ0n) is 12.8. The molecular weight excluding hydrogens is 266 g/mol. The van der Waals surface area contributed by atoms with Crippen LogP contribution in [0.15, 0.2) is 24.4 Å². The SMILES string of the molecule is CN/C=C(\C=N)c1ccc(OC)cc1N1CCOC(C)C1. The zero-order valence-corrected chi connectivity index (χ0v) is 12.8. The van der Waals surface area contributed by atoms with Crippen molar-refractivity contribution in [2.75, 3.05) is 38.8 Å². The first-order valence-corrected chi connectivity index (χ1v) is 7.12. The number of hydrogen-bond acceptors (Lipinski definition) is 5. The van der Waals surface area contributed by atoms with Crippen molar-refractivity contribution in [2.24, 2.45) is 0 Å². The fourth-order valence-electron chi connectivity index (χ4n) is 2.53. The van der Waals surface area contributed by atoms with Crippen molar-refractivity contribution >= 4 is 17.5 Å². The van der Waals surface area contributed by atoms with E-state index in [-0.39, 0.29) is 6.10 Å². The van der Waals surface area contributed by atoms with E-state index in [2.05, 4.69) is 17.1 Å². The van der Waals surface area contributed by atoms with E-state index in [1.165, 1.54) is 6.21 Å². The van der Waals surface area contributed by atoms with Crippen LogP contribution in [0.5, 0.6) is 5.75 Å². The maximum atomic E-state index is 7.64. The van der Waals surface area contributed by atoms with E-state index >= 15 is 0 Å². The van der Waals surface area contributed by atoms with Crippen LogP contribution in [0.1, 0.15) is 12.5 Å². The molecule has 0 radical (unpaired) electrons. The number of benzene rings is 1. The van der Waals surface area contributed by atoms with Gasteiger partial charge in [0, 0.05) is 55.4 Å². The highest BCUT2D eigenvalue weighted by atomic mass is 16.5. The van der Waals surface area contributed by atoms with Gasteiger partial charge in [-0.2, -0.15) is 0 Å². The number of allylic oxidation sites excluding steroid dienone is 1. The van der Waals surface area contributed by atoms with Gasteiger partial charge < -0.3 is 25.1 Å². The van der Waals surface area contributed by atoms with Crippen LogP contribution >= 0.6 is 0 Å². The van der Waals surface area contributed by atoms with Crippen LogP contribution in [0.4, 0.5) is 5.69 Å². The first-order chi connectivity index (χ1) is 10.2. The lowest BCUT2D eigenvalue weighted by Crippen LogP contribution is -2.41. The molecule has 1 heterocycles. The summed E-state index contributed by atoms with van der Waals surface area (Å²) in [7, 11) is 3.51. The third-order valence-electron chi connectivity index (χ3n) is 3.55. The number of nitrogens with one attached hydrogen (secondary N) is 2. The second-order valence-electron chi connectivity index (χ2n) is 5.04. The van der Waals surface area contributed by atoms with Crippen LogP contribution in [0.2, 0.25) is 0 Å². The normalized spacial score (nSPS) is 19.3. The molecule has 21 heavy (non-hydrogen) atoms. The molecule has 1 fully saturated rings. The topological polar surface area (TPSA) is 57.6 Å². The zero-order chi connectivity index (χ0) is 15.2. The lowest BCUT2D eigenvalue weighted by atomic mass is 10.0. The van der Waals surface area contributed by atoms with Crippen LogP contribution in [0.25, 0.3) is 5.57 Å². The first-order valence-electron chi connectivity index (χ1n) is 7.12. The molecule has 1 atom stereocenters. The molecule has 1 aromatic rings. The summed E-state index contributed by atoms with van der Waals surface area (Å²) < 4.78 is 11.0. The van der Waals surface area contributed by atoms with Gasteiger partial charge in [-0.1, -0.05) is 0 Å². The van der Waals surface area contributed by atoms with Crippen molar-refractivity contribution in [3.8, 4) is 5.75 Å². The number of hydrogen-bond donors (Lipinski definition) is 2. The van der Waals surface area contributed by atoms with E-state index in [0.29, 0.717) is 6.61 Å². The van der Waals surface area contributed by atoms with Crippen molar-refractivity contribution in [1.82, 2.24) is 5.32 Å². The van der Waals surface area contributed by atoms with Gasteiger partial charge >= 0.3 is 0 Å². The summed E-state index contributed by atoms with van der Waals surface area (Å²) in [5.74, 6) is 0.821. The largest absolute Gasteiger partial charge is 0.497 e. The van der Waals surface area contributed by atoms with Gasteiger partial charge in [0.1, 0.15) is 5.75 Å². The summed E-state index contributed by atoms with van der Waals surface area (Å²) in [5, 5.41) is 10.6. The monoisotopic (exact) mass is 289 g/mol. The van der Waals surface area contributed by atoms with Crippen molar-refractivity contribution in [3.05, 3.63) is 30.0 Å². The molecule has 2 rings (SSSR count). The van der Waals surface area contributed by atoms with Gasteiger partial charge in [-0.15, -0.1) is 0 Å². The number of morpholine rings is 1. The second-order valence-corrected chi connectivity index (χ2v) is 5.04.